The molecule has 0 saturated carbocycles. The highest BCUT2D eigenvalue weighted by atomic mass is 16.2. The maximum atomic E-state index is 12.3. The van der Waals surface area contributed by atoms with Gasteiger partial charge in [-0.1, -0.05) is 6.08 Å². The molecule has 3 rings (SSSR count). The minimum absolute atomic E-state index is 0.0401. The summed E-state index contributed by atoms with van der Waals surface area (Å²) in [6.45, 7) is 5.46. The van der Waals surface area contributed by atoms with Crippen LogP contribution in [0.5, 0.6) is 0 Å². The smallest absolute Gasteiger partial charge is 0.288 e. The van der Waals surface area contributed by atoms with Crippen LogP contribution in [0.3, 0.4) is 0 Å². The summed E-state index contributed by atoms with van der Waals surface area (Å²) in [5, 5.41) is 0. The van der Waals surface area contributed by atoms with Crippen molar-refractivity contribution in [2.75, 3.05) is 24.5 Å². The molecular weight excluding hydrogens is 216 g/mol. The molecule has 5 heteroatoms. The molecule has 17 heavy (non-hydrogen) atoms. The van der Waals surface area contributed by atoms with Gasteiger partial charge in [-0.3, -0.25) is 19.8 Å². The zero-order chi connectivity index (χ0) is 11.8. The van der Waals surface area contributed by atoms with Crippen molar-refractivity contribution in [3.8, 4) is 0 Å². The number of amides is 2. The second kappa shape index (κ2) is 3.69. The Morgan fingerprint density at radius 1 is 1.53 bits per heavy atom. The van der Waals surface area contributed by atoms with Crippen molar-refractivity contribution in [3.63, 3.8) is 0 Å². The van der Waals surface area contributed by atoms with Crippen molar-refractivity contribution in [1.29, 1.82) is 0 Å². The molecule has 2 aliphatic heterocycles. The number of amidine groups is 1. The van der Waals surface area contributed by atoms with E-state index in [2.05, 4.69) is 16.6 Å². The number of rotatable bonds is 2. The molecule has 2 amide bonds. The van der Waals surface area contributed by atoms with Crippen LogP contribution in [0.25, 0.3) is 0 Å². The molecule has 0 radical (unpaired) electrons. The van der Waals surface area contributed by atoms with E-state index in [1.54, 1.807) is 22.1 Å². The molecule has 0 saturated heterocycles. The summed E-state index contributed by atoms with van der Waals surface area (Å²) >= 11 is 0. The van der Waals surface area contributed by atoms with Crippen LogP contribution >= 0.6 is 0 Å². The lowest BCUT2D eigenvalue weighted by atomic mass is 10.2. The third-order valence-electron chi connectivity index (χ3n) is 2.90. The zero-order valence-corrected chi connectivity index (χ0v) is 9.33. The van der Waals surface area contributed by atoms with Crippen LogP contribution in [0.1, 0.15) is 5.69 Å². The van der Waals surface area contributed by atoms with E-state index in [1.165, 1.54) is 0 Å². The van der Waals surface area contributed by atoms with Gasteiger partial charge in [0, 0.05) is 19.3 Å². The van der Waals surface area contributed by atoms with E-state index in [-0.39, 0.29) is 6.03 Å². The predicted molar refractivity (Wildman–Crippen MR) is 65.3 cm³/mol. The molecule has 0 aliphatic carbocycles. The largest absolute Gasteiger partial charge is 0.330 e. The first-order chi connectivity index (χ1) is 8.33. The SMILES string of the molecule is C=CCN1C(=O)N2CCN=C2c2ncccc21. The van der Waals surface area contributed by atoms with Crippen molar-refractivity contribution in [2.24, 2.45) is 4.99 Å². The number of carbonyl (C=O) groups is 1. The molecule has 0 bridgehead atoms. The number of pyridine rings is 1. The molecule has 0 N–H and O–H groups in total. The van der Waals surface area contributed by atoms with Crippen LogP contribution < -0.4 is 4.90 Å². The summed E-state index contributed by atoms with van der Waals surface area (Å²) in [5.41, 5.74) is 1.60. The summed E-state index contributed by atoms with van der Waals surface area (Å²) in [4.78, 5) is 24.3. The van der Waals surface area contributed by atoms with Crippen molar-refractivity contribution < 1.29 is 4.79 Å². The van der Waals surface area contributed by atoms with Crippen molar-refractivity contribution in [1.82, 2.24) is 9.88 Å². The van der Waals surface area contributed by atoms with E-state index in [4.69, 9.17) is 0 Å². The number of urea groups is 1. The number of anilines is 1. The van der Waals surface area contributed by atoms with Crippen LogP contribution in [0, 0.1) is 0 Å². The number of fused-ring (bicyclic) bond motifs is 3. The van der Waals surface area contributed by atoms with E-state index < -0.39 is 0 Å². The summed E-state index contributed by atoms with van der Waals surface area (Å²) in [5.74, 6) is 0.700. The third-order valence-corrected chi connectivity index (χ3v) is 2.90. The molecule has 1 aromatic heterocycles. The van der Waals surface area contributed by atoms with Crippen LogP contribution in [-0.4, -0.2) is 41.4 Å². The van der Waals surface area contributed by atoms with Gasteiger partial charge < -0.3 is 0 Å². The van der Waals surface area contributed by atoms with Crippen LogP contribution in [0.4, 0.5) is 10.5 Å². The van der Waals surface area contributed by atoms with Crippen LogP contribution in [-0.2, 0) is 0 Å². The van der Waals surface area contributed by atoms with Crippen LogP contribution in [0.15, 0.2) is 36.0 Å². The normalized spacial score (nSPS) is 17.6. The lowest BCUT2D eigenvalue weighted by Crippen LogP contribution is -2.50. The van der Waals surface area contributed by atoms with Crippen molar-refractivity contribution in [2.45, 2.75) is 0 Å². The molecule has 5 nitrogen and oxygen atoms in total. The summed E-state index contributed by atoms with van der Waals surface area (Å²) in [6.07, 6.45) is 3.44. The zero-order valence-electron chi connectivity index (χ0n) is 9.33. The fourth-order valence-corrected chi connectivity index (χ4v) is 2.18. The van der Waals surface area contributed by atoms with Gasteiger partial charge >= 0.3 is 6.03 Å². The Morgan fingerprint density at radius 2 is 2.41 bits per heavy atom. The summed E-state index contributed by atoms with van der Waals surface area (Å²) < 4.78 is 0. The van der Waals surface area contributed by atoms with Gasteiger partial charge in [0.15, 0.2) is 5.84 Å². The van der Waals surface area contributed by atoms with E-state index in [0.29, 0.717) is 25.5 Å². The van der Waals surface area contributed by atoms with E-state index >= 15 is 0 Å². The molecule has 0 atom stereocenters. The van der Waals surface area contributed by atoms with Gasteiger partial charge in [-0.25, -0.2) is 4.79 Å². The highest BCUT2D eigenvalue weighted by molar-refractivity contribution is 6.18. The van der Waals surface area contributed by atoms with Gasteiger partial charge in [0.2, 0.25) is 0 Å². The number of nitrogens with zero attached hydrogens (tertiary/aromatic N) is 4. The van der Waals surface area contributed by atoms with Crippen LogP contribution in [0.2, 0.25) is 0 Å². The second-order valence-electron chi connectivity index (χ2n) is 3.91. The van der Waals surface area contributed by atoms with E-state index in [1.807, 2.05) is 12.1 Å². The number of aromatic nitrogens is 1. The first-order valence-electron chi connectivity index (χ1n) is 5.52. The molecule has 0 spiro atoms. The molecule has 0 fully saturated rings. The number of aliphatic imine (C=N–C) groups is 1. The quantitative estimate of drug-likeness (QED) is 0.716. The summed E-state index contributed by atoms with van der Waals surface area (Å²) in [7, 11) is 0. The fourth-order valence-electron chi connectivity index (χ4n) is 2.18. The lowest BCUT2D eigenvalue weighted by Gasteiger charge is -2.33. The monoisotopic (exact) mass is 228 g/mol. The number of hydrogen-bond acceptors (Lipinski definition) is 3. The predicted octanol–water partition coefficient (Wildman–Crippen LogP) is 1.27. The fraction of sp³-hybridized carbons (Fsp3) is 0.250. The average molecular weight is 228 g/mol. The molecule has 1 aromatic rings. The van der Waals surface area contributed by atoms with Crippen molar-refractivity contribution in [3.05, 3.63) is 36.7 Å². The van der Waals surface area contributed by atoms with Crippen molar-refractivity contribution >= 4 is 17.6 Å². The standard InChI is InChI=1S/C12H12N4O/c1-2-7-15-9-4-3-5-13-10(9)11-14-6-8-16(11)12(15)17/h2-5H,1,6-8H2. The van der Waals surface area contributed by atoms with Gasteiger partial charge in [0.25, 0.3) is 0 Å². The van der Waals surface area contributed by atoms with E-state index in [0.717, 1.165) is 11.4 Å². The Hall–Kier alpha value is -2.17. The number of hydrogen-bond donors (Lipinski definition) is 0. The maximum Gasteiger partial charge on any atom is 0.330 e. The molecular formula is C12H12N4O. The highest BCUT2D eigenvalue weighted by Crippen LogP contribution is 2.28. The third kappa shape index (κ3) is 1.35. The Morgan fingerprint density at radius 3 is 3.24 bits per heavy atom. The minimum Gasteiger partial charge on any atom is -0.288 e. The Kier molecular flexibility index (Phi) is 2.18. The van der Waals surface area contributed by atoms with Gasteiger partial charge in [0.05, 0.1) is 12.2 Å². The molecule has 0 unspecified atom stereocenters. The number of carbonyl (C=O) groups excluding carboxylic acids is 1. The topological polar surface area (TPSA) is 48.8 Å². The first kappa shape index (κ1) is 10.0. The molecule has 86 valence electrons. The Bertz CT molecular complexity index is 523. The lowest BCUT2D eigenvalue weighted by molar-refractivity contribution is 0.229. The summed E-state index contributed by atoms with van der Waals surface area (Å²) in [6, 6.07) is 3.68. The molecule has 0 aromatic carbocycles. The Labute approximate surface area is 99.1 Å². The molecule has 2 aliphatic rings. The minimum atomic E-state index is -0.0401. The maximum absolute atomic E-state index is 12.3. The van der Waals surface area contributed by atoms with Gasteiger partial charge in [-0.2, -0.15) is 0 Å². The molecule has 3 heterocycles. The first-order valence-corrected chi connectivity index (χ1v) is 5.52. The highest BCUT2D eigenvalue weighted by Gasteiger charge is 2.37. The van der Waals surface area contributed by atoms with E-state index in [9.17, 15) is 4.79 Å². The van der Waals surface area contributed by atoms with Gasteiger partial charge in [0.1, 0.15) is 5.69 Å². The average Bonchev–Trinajstić information content (AvgIpc) is 2.84. The van der Waals surface area contributed by atoms with Gasteiger partial charge in [-0.15, -0.1) is 6.58 Å². The second-order valence-corrected chi connectivity index (χ2v) is 3.91. The Balaban J connectivity index is 2.16. The van der Waals surface area contributed by atoms with Gasteiger partial charge in [-0.05, 0) is 12.1 Å².